The molecule has 0 radical (unpaired) electrons. The molecule has 0 aromatic rings. The highest BCUT2D eigenvalue weighted by Gasteiger charge is 2.35. The first-order valence-corrected chi connectivity index (χ1v) is 6.80. The van der Waals surface area contributed by atoms with E-state index >= 15 is 0 Å². The summed E-state index contributed by atoms with van der Waals surface area (Å²) in [4.78, 5) is 12.6. The van der Waals surface area contributed by atoms with Crippen molar-refractivity contribution in [1.29, 1.82) is 0 Å². The van der Waals surface area contributed by atoms with Crippen LogP contribution in [0, 0.1) is 17.3 Å². The van der Waals surface area contributed by atoms with Crippen LogP contribution in [0.4, 0.5) is 13.2 Å². The normalized spacial score (nSPS) is 24.6. The third kappa shape index (κ3) is 5.41. The number of rotatable bonds is 3. The Morgan fingerprint density at radius 1 is 1.21 bits per heavy atom. The third-order valence-electron chi connectivity index (χ3n) is 4.07. The highest BCUT2D eigenvalue weighted by atomic mass is 19.4. The van der Waals surface area contributed by atoms with Crippen molar-refractivity contribution in [3.8, 4) is 0 Å². The summed E-state index contributed by atoms with van der Waals surface area (Å²) < 4.78 is 36.6. The zero-order chi connectivity index (χ0) is 14.8. The maximum Gasteiger partial charge on any atom is 0.406 e. The molecule has 1 aliphatic carbocycles. The molecule has 1 saturated carbocycles. The standard InChI is InChI=1S/C14H24F3NO/c1-13(2,3)11-6-5-10(7-11)8-12(19)18(4)9-14(15,16)17/h10-11H,5-9H2,1-4H3. The molecular weight excluding hydrogens is 255 g/mol. The van der Waals surface area contributed by atoms with Gasteiger partial charge in [-0.25, -0.2) is 0 Å². The van der Waals surface area contributed by atoms with Crippen LogP contribution in [0.3, 0.4) is 0 Å². The Kier molecular flexibility index (Phi) is 4.91. The second-order valence-electron chi connectivity index (χ2n) is 6.81. The number of hydrogen-bond donors (Lipinski definition) is 0. The van der Waals surface area contributed by atoms with E-state index in [9.17, 15) is 18.0 Å². The minimum Gasteiger partial charge on any atom is -0.337 e. The lowest BCUT2D eigenvalue weighted by Crippen LogP contribution is -2.36. The molecule has 1 aliphatic rings. The van der Waals surface area contributed by atoms with Gasteiger partial charge in [0.2, 0.25) is 5.91 Å². The van der Waals surface area contributed by atoms with E-state index in [4.69, 9.17) is 0 Å². The minimum absolute atomic E-state index is 0.218. The van der Waals surface area contributed by atoms with Gasteiger partial charge in [-0.1, -0.05) is 20.8 Å². The molecular formula is C14H24F3NO. The van der Waals surface area contributed by atoms with E-state index in [0.717, 1.165) is 24.2 Å². The van der Waals surface area contributed by atoms with Gasteiger partial charge in [-0.2, -0.15) is 13.2 Å². The summed E-state index contributed by atoms with van der Waals surface area (Å²) in [5, 5.41) is 0. The summed E-state index contributed by atoms with van der Waals surface area (Å²) in [6.07, 6.45) is -1.08. The van der Waals surface area contributed by atoms with Crippen LogP contribution in [0.1, 0.15) is 46.5 Å². The molecule has 5 heteroatoms. The van der Waals surface area contributed by atoms with E-state index in [2.05, 4.69) is 20.8 Å². The molecule has 0 bridgehead atoms. The van der Waals surface area contributed by atoms with Crippen LogP contribution in [-0.4, -0.2) is 30.6 Å². The molecule has 0 aliphatic heterocycles. The molecule has 0 heterocycles. The van der Waals surface area contributed by atoms with E-state index in [1.807, 2.05) is 0 Å². The zero-order valence-corrected chi connectivity index (χ0v) is 12.2. The van der Waals surface area contributed by atoms with Crippen molar-refractivity contribution in [1.82, 2.24) is 4.90 Å². The van der Waals surface area contributed by atoms with Gasteiger partial charge in [0.15, 0.2) is 0 Å². The van der Waals surface area contributed by atoms with Crippen LogP contribution < -0.4 is 0 Å². The Bertz CT molecular complexity index is 320. The lowest BCUT2D eigenvalue weighted by atomic mass is 9.79. The molecule has 112 valence electrons. The fourth-order valence-electron chi connectivity index (χ4n) is 2.81. The van der Waals surface area contributed by atoms with Crippen LogP contribution in [0.2, 0.25) is 0 Å². The maximum absolute atomic E-state index is 12.2. The first kappa shape index (κ1) is 16.3. The summed E-state index contributed by atoms with van der Waals surface area (Å²) in [5.41, 5.74) is 0.218. The van der Waals surface area contributed by atoms with E-state index in [-0.39, 0.29) is 17.8 Å². The van der Waals surface area contributed by atoms with Crippen LogP contribution in [0.15, 0.2) is 0 Å². The van der Waals surface area contributed by atoms with Gasteiger partial charge in [0.25, 0.3) is 0 Å². The SMILES string of the molecule is CN(CC(F)(F)F)C(=O)CC1CCC(C(C)(C)C)C1. The second-order valence-corrected chi connectivity index (χ2v) is 6.81. The number of halogens is 3. The predicted molar refractivity (Wildman–Crippen MR) is 68.6 cm³/mol. The van der Waals surface area contributed by atoms with Gasteiger partial charge < -0.3 is 4.90 Å². The molecule has 0 aromatic heterocycles. The van der Waals surface area contributed by atoms with Gasteiger partial charge in [-0.3, -0.25) is 4.79 Å². The first-order chi connectivity index (χ1) is 8.49. The molecule has 0 saturated heterocycles. The molecule has 2 atom stereocenters. The van der Waals surface area contributed by atoms with E-state index in [1.165, 1.54) is 7.05 Å². The van der Waals surface area contributed by atoms with Gasteiger partial charge in [0, 0.05) is 13.5 Å². The van der Waals surface area contributed by atoms with Crippen molar-refractivity contribution in [2.45, 2.75) is 52.6 Å². The van der Waals surface area contributed by atoms with Crippen molar-refractivity contribution >= 4 is 5.91 Å². The van der Waals surface area contributed by atoms with Gasteiger partial charge in [0.05, 0.1) is 0 Å². The quantitative estimate of drug-likeness (QED) is 0.768. The van der Waals surface area contributed by atoms with Crippen LogP contribution in [0.5, 0.6) is 0 Å². The van der Waals surface area contributed by atoms with Gasteiger partial charge >= 0.3 is 6.18 Å². The number of hydrogen-bond acceptors (Lipinski definition) is 1. The van der Waals surface area contributed by atoms with Gasteiger partial charge in [-0.15, -0.1) is 0 Å². The third-order valence-corrected chi connectivity index (χ3v) is 4.07. The highest BCUT2D eigenvalue weighted by Crippen LogP contribution is 2.43. The Morgan fingerprint density at radius 3 is 2.21 bits per heavy atom. The van der Waals surface area contributed by atoms with Crippen molar-refractivity contribution in [3.05, 3.63) is 0 Å². The van der Waals surface area contributed by atoms with Crippen molar-refractivity contribution < 1.29 is 18.0 Å². The summed E-state index contributed by atoms with van der Waals surface area (Å²) >= 11 is 0. The molecule has 2 unspecified atom stereocenters. The number of nitrogens with zero attached hydrogens (tertiary/aromatic N) is 1. The summed E-state index contributed by atoms with van der Waals surface area (Å²) in [6.45, 7) is 5.38. The van der Waals surface area contributed by atoms with E-state index < -0.39 is 18.6 Å². The topological polar surface area (TPSA) is 20.3 Å². The average molecular weight is 279 g/mol. The van der Waals surface area contributed by atoms with Crippen LogP contribution >= 0.6 is 0 Å². The fourth-order valence-corrected chi connectivity index (χ4v) is 2.81. The number of alkyl halides is 3. The molecule has 1 rings (SSSR count). The maximum atomic E-state index is 12.2. The first-order valence-electron chi connectivity index (χ1n) is 6.80. The molecule has 0 spiro atoms. The molecule has 1 amide bonds. The van der Waals surface area contributed by atoms with Crippen molar-refractivity contribution in [2.75, 3.05) is 13.6 Å². The molecule has 2 nitrogen and oxygen atoms in total. The van der Waals surface area contributed by atoms with E-state index in [1.54, 1.807) is 0 Å². The number of amides is 1. The Balaban J connectivity index is 2.43. The Hall–Kier alpha value is -0.740. The largest absolute Gasteiger partial charge is 0.406 e. The lowest BCUT2D eigenvalue weighted by Gasteiger charge is -2.27. The monoisotopic (exact) mass is 279 g/mol. The fraction of sp³-hybridized carbons (Fsp3) is 0.929. The van der Waals surface area contributed by atoms with Crippen molar-refractivity contribution in [2.24, 2.45) is 17.3 Å². The van der Waals surface area contributed by atoms with Crippen LogP contribution in [-0.2, 0) is 4.79 Å². The van der Waals surface area contributed by atoms with Gasteiger partial charge in [-0.05, 0) is 36.5 Å². The Labute approximate surface area is 113 Å². The van der Waals surface area contributed by atoms with E-state index in [0.29, 0.717) is 5.92 Å². The average Bonchev–Trinajstić information content (AvgIpc) is 2.62. The minimum atomic E-state index is -4.31. The lowest BCUT2D eigenvalue weighted by molar-refractivity contribution is -0.158. The van der Waals surface area contributed by atoms with Crippen LogP contribution in [0.25, 0.3) is 0 Å². The summed E-state index contributed by atoms with van der Waals surface area (Å²) in [5.74, 6) is 0.419. The Morgan fingerprint density at radius 2 is 1.79 bits per heavy atom. The van der Waals surface area contributed by atoms with Gasteiger partial charge in [0.1, 0.15) is 6.54 Å². The number of carbonyl (C=O) groups excluding carboxylic acids is 1. The summed E-state index contributed by atoms with van der Waals surface area (Å²) in [7, 11) is 1.23. The summed E-state index contributed by atoms with van der Waals surface area (Å²) in [6, 6.07) is 0. The molecule has 0 N–H and O–H groups in total. The molecule has 1 fully saturated rings. The second kappa shape index (κ2) is 5.71. The number of carbonyl (C=O) groups is 1. The van der Waals surface area contributed by atoms with Crippen molar-refractivity contribution in [3.63, 3.8) is 0 Å². The highest BCUT2D eigenvalue weighted by molar-refractivity contribution is 5.76. The molecule has 0 aromatic carbocycles. The smallest absolute Gasteiger partial charge is 0.337 e. The zero-order valence-electron chi connectivity index (χ0n) is 12.2. The molecule has 19 heavy (non-hydrogen) atoms. The predicted octanol–water partition coefficient (Wildman–Crippen LogP) is 3.86.